The SMILES string of the molecule is CCc1nc2c(cnn2CC)c(NC2CCOCC2)c1CN(Cc1ccc(Cl)c(-c2cccc(CN3CCNCC3)c2)c1)C(=O)c1cccc(C(N)=O)n1. The van der Waals surface area contributed by atoms with Gasteiger partial charge in [-0.2, -0.15) is 5.10 Å². The highest BCUT2D eigenvalue weighted by atomic mass is 35.5. The number of hydrogen-bond acceptors (Lipinski definition) is 9. The lowest BCUT2D eigenvalue weighted by atomic mass is 9.99. The molecule has 13 heteroatoms. The van der Waals surface area contributed by atoms with E-state index in [1.165, 1.54) is 11.6 Å². The van der Waals surface area contributed by atoms with E-state index in [4.69, 9.17) is 27.1 Å². The fraction of sp³-hybridized carbons (Fsp3) is 0.390. The van der Waals surface area contributed by atoms with Crippen LogP contribution in [-0.4, -0.2) is 86.8 Å². The molecule has 2 aliphatic heterocycles. The molecule has 0 bridgehead atoms. The fourth-order valence-electron chi connectivity index (χ4n) is 7.40. The Bertz CT molecular complexity index is 2120. The van der Waals surface area contributed by atoms with Crippen LogP contribution in [0, 0.1) is 0 Å². The average Bonchev–Trinajstić information content (AvgIpc) is 3.62. The molecule has 0 saturated carbocycles. The van der Waals surface area contributed by atoms with Crippen molar-refractivity contribution in [3.05, 3.63) is 106 Å². The number of primary amides is 1. The van der Waals surface area contributed by atoms with Gasteiger partial charge < -0.3 is 26.0 Å². The zero-order valence-corrected chi connectivity index (χ0v) is 31.7. The summed E-state index contributed by atoms with van der Waals surface area (Å²) in [5.74, 6) is -1.03. The van der Waals surface area contributed by atoms with Crippen molar-refractivity contribution in [3.63, 3.8) is 0 Å². The van der Waals surface area contributed by atoms with Gasteiger partial charge >= 0.3 is 0 Å². The third kappa shape index (κ3) is 8.42. The number of hydrogen-bond donors (Lipinski definition) is 3. The summed E-state index contributed by atoms with van der Waals surface area (Å²) in [6.45, 7) is 11.5. The second-order valence-electron chi connectivity index (χ2n) is 14.0. The largest absolute Gasteiger partial charge is 0.381 e. The van der Waals surface area contributed by atoms with E-state index in [1.807, 2.05) is 23.0 Å². The van der Waals surface area contributed by atoms with Crippen LogP contribution < -0.4 is 16.4 Å². The van der Waals surface area contributed by atoms with Crippen LogP contribution in [0.25, 0.3) is 22.2 Å². The number of benzene rings is 2. The molecule has 4 N–H and O–H groups in total. The molecule has 2 fully saturated rings. The summed E-state index contributed by atoms with van der Waals surface area (Å²) in [5, 5.41) is 13.5. The van der Waals surface area contributed by atoms with Crippen LogP contribution in [0.5, 0.6) is 0 Å². The normalized spacial score (nSPS) is 15.4. The van der Waals surface area contributed by atoms with Crippen molar-refractivity contribution in [1.29, 1.82) is 0 Å². The second kappa shape index (κ2) is 17.1. The number of ether oxygens (including phenoxy) is 1. The lowest BCUT2D eigenvalue weighted by Gasteiger charge is -2.29. The van der Waals surface area contributed by atoms with E-state index >= 15 is 0 Å². The zero-order valence-electron chi connectivity index (χ0n) is 31.0. The second-order valence-corrected chi connectivity index (χ2v) is 14.4. The number of amides is 2. The monoisotopic (exact) mass is 749 g/mol. The van der Waals surface area contributed by atoms with Crippen LogP contribution in [0.1, 0.15) is 70.1 Å². The molecular formula is C41H48ClN9O3. The molecule has 5 heterocycles. The maximum Gasteiger partial charge on any atom is 0.273 e. The van der Waals surface area contributed by atoms with E-state index in [-0.39, 0.29) is 36.4 Å². The number of fused-ring (bicyclic) bond motifs is 1. The minimum Gasteiger partial charge on any atom is -0.381 e. The maximum atomic E-state index is 14.6. The highest BCUT2D eigenvalue weighted by Crippen LogP contribution is 2.34. The summed E-state index contributed by atoms with van der Waals surface area (Å²) < 4.78 is 7.58. The van der Waals surface area contributed by atoms with Gasteiger partial charge in [0.15, 0.2) is 5.65 Å². The van der Waals surface area contributed by atoms with Crippen molar-refractivity contribution in [1.82, 2.24) is 34.9 Å². The van der Waals surface area contributed by atoms with E-state index < -0.39 is 5.91 Å². The predicted octanol–water partition coefficient (Wildman–Crippen LogP) is 5.67. The first-order valence-corrected chi connectivity index (χ1v) is 19.3. The number of aryl methyl sites for hydroxylation is 2. The molecule has 3 aromatic heterocycles. The number of nitrogens with zero attached hydrogens (tertiary/aromatic N) is 6. The highest BCUT2D eigenvalue weighted by molar-refractivity contribution is 6.33. The van der Waals surface area contributed by atoms with Crippen molar-refractivity contribution in [3.8, 4) is 11.1 Å². The van der Waals surface area contributed by atoms with E-state index in [0.717, 1.165) is 90.2 Å². The van der Waals surface area contributed by atoms with Gasteiger partial charge in [0.1, 0.15) is 11.4 Å². The third-order valence-electron chi connectivity index (χ3n) is 10.3. The summed E-state index contributed by atoms with van der Waals surface area (Å²) in [4.78, 5) is 40.4. The van der Waals surface area contributed by atoms with E-state index in [1.54, 1.807) is 17.0 Å². The van der Waals surface area contributed by atoms with Crippen molar-refractivity contribution in [2.75, 3.05) is 44.7 Å². The quantitative estimate of drug-likeness (QED) is 0.139. The molecule has 2 saturated heterocycles. The number of anilines is 1. The van der Waals surface area contributed by atoms with E-state index in [0.29, 0.717) is 31.2 Å². The summed E-state index contributed by atoms with van der Waals surface area (Å²) in [7, 11) is 0. The third-order valence-corrected chi connectivity index (χ3v) is 10.6. The molecule has 5 aromatic rings. The summed E-state index contributed by atoms with van der Waals surface area (Å²) in [5.41, 5.74) is 13.3. The summed E-state index contributed by atoms with van der Waals surface area (Å²) >= 11 is 6.88. The fourth-order valence-corrected chi connectivity index (χ4v) is 7.63. The minimum absolute atomic E-state index is 0.0291. The highest BCUT2D eigenvalue weighted by Gasteiger charge is 2.27. The van der Waals surface area contributed by atoms with Gasteiger partial charge in [0.05, 0.1) is 23.8 Å². The number of piperazine rings is 1. The molecule has 7 rings (SSSR count). The number of rotatable bonds is 13. The molecule has 54 heavy (non-hydrogen) atoms. The zero-order chi connectivity index (χ0) is 37.6. The van der Waals surface area contributed by atoms with Crippen LogP contribution in [0.3, 0.4) is 0 Å². The van der Waals surface area contributed by atoms with Gasteiger partial charge in [0.25, 0.3) is 11.8 Å². The molecule has 2 aromatic carbocycles. The molecule has 2 amide bonds. The lowest BCUT2D eigenvalue weighted by Crippen LogP contribution is -2.42. The first-order valence-electron chi connectivity index (χ1n) is 18.9. The molecular weight excluding hydrogens is 702 g/mol. The van der Waals surface area contributed by atoms with Crippen LogP contribution in [-0.2, 0) is 37.3 Å². The number of nitrogens with one attached hydrogen (secondary N) is 2. The number of nitrogens with two attached hydrogens (primary N) is 1. The van der Waals surface area contributed by atoms with Gasteiger partial charge in [-0.25, -0.2) is 14.6 Å². The van der Waals surface area contributed by atoms with Gasteiger partial charge in [-0.1, -0.05) is 48.9 Å². The number of carbonyl (C=O) groups is 2. The summed E-state index contributed by atoms with van der Waals surface area (Å²) in [6.07, 6.45) is 4.24. The molecule has 0 radical (unpaired) electrons. The molecule has 0 aliphatic carbocycles. The van der Waals surface area contributed by atoms with Crippen LogP contribution in [0.4, 0.5) is 5.69 Å². The van der Waals surface area contributed by atoms with Gasteiger partial charge in [-0.05, 0) is 73.2 Å². The number of halogens is 1. The number of aromatic nitrogens is 4. The maximum absolute atomic E-state index is 14.6. The minimum atomic E-state index is -0.698. The first-order chi connectivity index (χ1) is 26.3. The molecule has 2 aliphatic rings. The van der Waals surface area contributed by atoms with Gasteiger partial charge in [0, 0.05) is 86.9 Å². The molecule has 0 atom stereocenters. The van der Waals surface area contributed by atoms with Crippen LogP contribution in [0.2, 0.25) is 5.02 Å². The standard InChI is InChI=1S/C41H48ClN9O3/c1-3-35-33(38(46-30-13-19-54-20-14-30)32-23-45-51(4-2)40(32)48-35)26-50(41(53)37-10-6-9-36(47-37)39(43)52)25-28-11-12-34(42)31(22-28)29-8-5-7-27(21-29)24-49-17-15-44-16-18-49/h5-12,21-23,30,44H,3-4,13-20,24-26H2,1-2H3,(H2,43,52)(H,46,48). The Labute approximate surface area is 321 Å². The van der Waals surface area contributed by atoms with Gasteiger partial charge in [-0.15, -0.1) is 0 Å². The molecule has 282 valence electrons. The Hall–Kier alpha value is -4.88. The Kier molecular flexibility index (Phi) is 11.8. The van der Waals surface area contributed by atoms with Gasteiger partial charge in [-0.3, -0.25) is 14.5 Å². The van der Waals surface area contributed by atoms with Crippen molar-refractivity contribution < 1.29 is 14.3 Å². The van der Waals surface area contributed by atoms with Crippen molar-refractivity contribution in [2.45, 2.75) is 65.3 Å². The smallest absolute Gasteiger partial charge is 0.273 e. The number of pyridine rings is 2. The topological polar surface area (TPSA) is 144 Å². The van der Waals surface area contributed by atoms with Crippen LogP contribution in [0.15, 0.2) is 66.9 Å². The Morgan fingerprint density at radius 2 is 1.76 bits per heavy atom. The Balaban J connectivity index is 1.28. The van der Waals surface area contributed by atoms with Crippen molar-refractivity contribution in [2.24, 2.45) is 5.73 Å². The lowest BCUT2D eigenvalue weighted by molar-refractivity contribution is 0.0723. The van der Waals surface area contributed by atoms with E-state index in [2.05, 4.69) is 69.8 Å². The summed E-state index contributed by atoms with van der Waals surface area (Å²) in [6, 6.07) is 19.4. The molecule has 0 spiro atoms. The number of carbonyl (C=O) groups excluding carboxylic acids is 2. The Morgan fingerprint density at radius 1 is 0.981 bits per heavy atom. The first kappa shape index (κ1) is 37.4. The molecule has 0 unspecified atom stereocenters. The van der Waals surface area contributed by atoms with Crippen LogP contribution >= 0.6 is 11.6 Å². The molecule has 12 nitrogen and oxygen atoms in total. The van der Waals surface area contributed by atoms with Crippen molar-refractivity contribution >= 4 is 40.1 Å². The predicted molar refractivity (Wildman–Crippen MR) is 211 cm³/mol. The Morgan fingerprint density at radius 3 is 2.52 bits per heavy atom. The van der Waals surface area contributed by atoms with Gasteiger partial charge in [0.2, 0.25) is 0 Å². The van der Waals surface area contributed by atoms with E-state index in [9.17, 15) is 9.59 Å². The average molecular weight is 750 g/mol.